The molecule has 2 heterocycles. The Kier molecular flexibility index (Phi) is 5.41. The zero-order valence-corrected chi connectivity index (χ0v) is 15.3. The molecular weight excluding hydrogens is 345 g/mol. The van der Waals surface area contributed by atoms with Gasteiger partial charge >= 0.3 is 0 Å². The van der Waals surface area contributed by atoms with Crippen molar-refractivity contribution in [1.82, 2.24) is 14.1 Å². The number of hydrogen-bond donors (Lipinski definition) is 0. The summed E-state index contributed by atoms with van der Waals surface area (Å²) in [5.74, 6) is -1.05. The molecule has 0 unspecified atom stereocenters. The van der Waals surface area contributed by atoms with Crippen LogP contribution in [-0.2, 0) is 10.0 Å². The Balaban J connectivity index is 1.86. The van der Waals surface area contributed by atoms with E-state index < -0.39 is 20.7 Å². The summed E-state index contributed by atoms with van der Waals surface area (Å²) >= 11 is 0. The molecule has 0 N–H and O–H groups in total. The third-order valence-electron chi connectivity index (χ3n) is 4.90. The van der Waals surface area contributed by atoms with Crippen LogP contribution in [-0.4, -0.2) is 74.7 Å². The Morgan fingerprint density at radius 1 is 1.00 bits per heavy atom. The second-order valence-electron chi connectivity index (χ2n) is 6.71. The molecule has 2 aliphatic heterocycles. The standard InChI is InChI=1S/C17H24FN3O3S/c1-19-9-11-20(12-10-19)17(22)14-5-6-15(18)16(13-14)25(23,24)21-7-3-2-4-8-21/h5-6,13H,2-4,7-12H2,1H3. The molecule has 0 spiro atoms. The second kappa shape index (κ2) is 7.39. The highest BCUT2D eigenvalue weighted by Crippen LogP contribution is 2.24. The van der Waals surface area contributed by atoms with Crippen LogP contribution in [0.4, 0.5) is 4.39 Å². The molecule has 0 atom stereocenters. The molecule has 3 rings (SSSR count). The SMILES string of the molecule is CN1CCN(C(=O)c2ccc(F)c(S(=O)(=O)N3CCCCC3)c2)CC1. The number of piperazine rings is 1. The number of benzene rings is 1. The minimum absolute atomic E-state index is 0.224. The van der Waals surface area contributed by atoms with Gasteiger partial charge in [-0.15, -0.1) is 0 Å². The summed E-state index contributed by atoms with van der Waals surface area (Å²) in [4.78, 5) is 16.1. The number of carbonyl (C=O) groups is 1. The summed E-state index contributed by atoms with van der Waals surface area (Å²) in [5.41, 5.74) is 0.224. The predicted octanol–water partition coefficient (Wildman–Crippen LogP) is 1.39. The largest absolute Gasteiger partial charge is 0.336 e. The second-order valence-corrected chi connectivity index (χ2v) is 8.61. The van der Waals surface area contributed by atoms with Gasteiger partial charge in [-0.1, -0.05) is 6.42 Å². The zero-order chi connectivity index (χ0) is 18.0. The average Bonchev–Trinajstić information content (AvgIpc) is 2.63. The van der Waals surface area contributed by atoms with Gasteiger partial charge in [0.05, 0.1) is 0 Å². The number of nitrogens with zero attached hydrogens (tertiary/aromatic N) is 3. The van der Waals surface area contributed by atoms with Crippen molar-refractivity contribution in [2.24, 2.45) is 0 Å². The van der Waals surface area contributed by atoms with Crippen LogP contribution in [0.1, 0.15) is 29.6 Å². The lowest BCUT2D eigenvalue weighted by Gasteiger charge is -2.32. The fraction of sp³-hybridized carbons (Fsp3) is 0.588. The molecule has 1 amide bonds. The minimum Gasteiger partial charge on any atom is -0.336 e. The highest BCUT2D eigenvalue weighted by molar-refractivity contribution is 7.89. The molecule has 2 aliphatic rings. The molecule has 0 aliphatic carbocycles. The highest BCUT2D eigenvalue weighted by atomic mass is 32.2. The van der Waals surface area contributed by atoms with E-state index in [1.54, 1.807) is 4.90 Å². The van der Waals surface area contributed by atoms with Crippen LogP contribution in [0.5, 0.6) is 0 Å². The first-order valence-corrected chi connectivity index (χ1v) is 10.1. The van der Waals surface area contributed by atoms with Gasteiger partial charge in [0, 0.05) is 44.8 Å². The van der Waals surface area contributed by atoms with Crippen LogP contribution in [0.15, 0.2) is 23.1 Å². The summed E-state index contributed by atoms with van der Waals surface area (Å²) < 4.78 is 41.1. The summed E-state index contributed by atoms with van der Waals surface area (Å²) in [6.45, 7) is 3.51. The number of hydrogen-bond acceptors (Lipinski definition) is 4. The Hall–Kier alpha value is -1.51. The van der Waals surface area contributed by atoms with Crippen LogP contribution in [0.2, 0.25) is 0 Å². The van der Waals surface area contributed by atoms with Crippen LogP contribution < -0.4 is 0 Å². The molecule has 0 bridgehead atoms. The van der Waals surface area contributed by atoms with Gasteiger partial charge in [-0.05, 0) is 38.1 Å². The quantitative estimate of drug-likeness (QED) is 0.808. The summed E-state index contributed by atoms with van der Waals surface area (Å²) in [5, 5.41) is 0. The minimum atomic E-state index is -3.91. The molecule has 2 fully saturated rings. The summed E-state index contributed by atoms with van der Waals surface area (Å²) in [6, 6.07) is 3.64. The number of rotatable bonds is 3. The van der Waals surface area contributed by atoms with Gasteiger partial charge in [0.1, 0.15) is 10.7 Å². The van der Waals surface area contributed by atoms with Gasteiger partial charge in [-0.3, -0.25) is 4.79 Å². The number of amides is 1. The zero-order valence-electron chi connectivity index (χ0n) is 14.4. The van der Waals surface area contributed by atoms with Gasteiger partial charge in [-0.2, -0.15) is 4.31 Å². The molecule has 138 valence electrons. The van der Waals surface area contributed by atoms with Crippen molar-refractivity contribution in [3.8, 4) is 0 Å². The van der Waals surface area contributed by atoms with Crippen LogP contribution in [0.25, 0.3) is 0 Å². The van der Waals surface area contributed by atoms with Gasteiger partial charge in [0.25, 0.3) is 5.91 Å². The van der Waals surface area contributed by atoms with Gasteiger partial charge in [0.2, 0.25) is 10.0 Å². The lowest BCUT2D eigenvalue weighted by molar-refractivity contribution is 0.0664. The fourth-order valence-corrected chi connectivity index (χ4v) is 4.88. The third kappa shape index (κ3) is 3.86. The van der Waals surface area contributed by atoms with E-state index in [4.69, 9.17) is 0 Å². The summed E-state index contributed by atoms with van der Waals surface area (Å²) in [7, 11) is -1.92. The first kappa shape index (κ1) is 18.3. The van der Waals surface area contributed by atoms with E-state index in [0.717, 1.165) is 38.4 Å². The van der Waals surface area contributed by atoms with Crippen molar-refractivity contribution in [2.45, 2.75) is 24.2 Å². The number of likely N-dealkylation sites (N-methyl/N-ethyl adjacent to an activating group) is 1. The van der Waals surface area contributed by atoms with Crippen LogP contribution in [0.3, 0.4) is 0 Å². The first-order chi connectivity index (χ1) is 11.9. The molecule has 8 heteroatoms. The Morgan fingerprint density at radius 2 is 1.64 bits per heavy atom. The molecule has 0 radical (unpaired) electrons. The Morgan fingerprint density at radius 3 is 2.28 bits per heavy atom. The molecule has 2 saturated heterocycles. The molecular formula is C17H24FN3O3S. The highest BCUT2D eigenvalue weighted by Gasteiger charge is 2.30. The van der Waals surface area contributed by atoms with Crippen molar-refractivity contribution in [3.63, 3.8) is 0 Å². The molecule has 1 aromatic carbocycles. The summed E-state index contributed by atoms with van der Waals surface area (Å²) in [6.07, 6.45) is 2.54. The number of carbonyl (C=O) groups excluding carboxylic acids is 1. The van der Waals surface area contributed by atoms with Crippen molar-refractivity contribution in [2.75, 3.05) is 46.3 Å². The maximum absolute atomic E-state index is 14.2. The van der Waals surface area contributed by atoms with Crippen LogP contribution in [0, 0.1) is 5.82 Å². The van der Waals surface area contributed by atoms with E-state index >= 15 is 0 Å². The number of sulfonamides is 1. The topological polar surface area (TPSA) is 60.9 Å². The molecule has 25 heavy (non-hydrogen) atoms. The predicted molar refractivity (Wildman–Crippen MR) is 92.4 cm³/mol. The van der Waals surface area contributed by atoms with Crippen LogP contribution >= 0.6 is 0 Å². The molecule has 6 nitrogen and oxygen atoms in total. The first-order valence-electron chi connectivity index (χ1n) is 8.67. The Bertz CT molecular complexity index is 740. The smallest absolute Gasteiger partial charge is 0.253 e. The van der Waals surface area contributed by atoms with Crippen molar-refractivity contribution < 1.29 is 17.6 Å². The van der Waals surface area contributed by atoms with E-state index in [1.165, 1.54) is 16.4 Å². The molecule has 1 aromatic rings. The molecule has 0 aromatic heterocycles. The lowest BCUT2D eigenvalue weighted by Crippen LogP contribution is -2.47. The van der Waals surface area contributed by atoms with Crippen molar-refractivity contribution in [1.29, 1.82) is 0 Å². The number of piperidine rings is 1. The maximum atomic E-state index is 14.2. The van der Waals surface area contributed by atoms with Gasteiger partial charge in [-0.25, -0.2) is 12.8 Å². The Labute approximate surface area is 148 Å². The lowest BCUT2D eigenvalue weighted by atomic mass is 10.2. The van der Waals surface area contributed by atoms with E-state index in [1.807, 2.05) is 7.05 Å². The normalized spacial score (nSPS) is 20.6. The fourth-order valence-electron chi connectivity index (χ4n) is 3.27. The van der Waals surface area contributed by atoms with Gasteiger partial charge < -0.3 is 9.80 Å². The third-order valence-corrected chi connectivity index (χ3v) is 6.82. The van der Waals surface area contributed by atoms with E-state index in [9.17, 15) is 17.6 Å². The van der Waals surface area contributed by atoms with E-state index in [2.05, 4.69) is 4.90 Å². The van der Waals surface area contributed by atoms with Gasteiger partial charge in [0.15, 0.2) is 0 Å². The van der Waals surface area contributed by atoms with E-state index in [-0.39, 0.29) is 11.5 Å². The maximum Gasteiger partial charge on any atom is 0.253 e. The average molecular weight is 369 g/mol. The van der Waals surface area contributed by atoms with Crippen molar-refractivity contribution >= 4 is 15.9 Å². The number of halogens is 1. The molecule has 0 saturated carbocycles. The van der Waals surface area contributed by atoms with Crippen molar-refractivity contribution in [3.05, 3.63) is 29.6 Å². The van der Waals surface area contributed by atoms with E-state index in [0.29, 0.717) is 26.2 Å². The monoisotopic (exact) mass is 369 g/mol.